The third kappa shape index (κ3) is 2.45. The predicted octanol–water partition coefficient (Wildman–Crippen LogP) is -0.0873. The van der Waals surface area contributed by atoms with E-state index in [1.807, 2.05) is 5.92 Å². The van der Waals surface area contributed by atoms with Crippen LogP contribution in [0.3, 0.4) is 0 Å². The molecule has 0 fully saturated rings. The lowest BCUT2D eigenvalue weighted by molar-refractivity contribution is -0.130. The Balaban J connectivity index is 2.83. The molecule has 0 aliphatic heterocycles. The van der Waals surface area contributed by atoms with Crippen LogP contribution in [0.1, 0.15) is 5.56 Å². The summed E-state index contributed by atoms with van der Waals surface area (Å²) in [6.07, 6.45) is 2.85. The lowest BCUT2D eigenvalue weighted by Crippen LogP contribution is -1.87. The Morgan fingerprint density at radius 1 is 1.55 bits per heavy atom. The first-order valence-corrected chi connectivity index (χ1v) is 2.80. The first-order valence-electron chi connectivity index (χ1n) is 2.80. The fourth-order valence-electron chi connectivity index (χ4n) is 0.490. The molecule has 0 aromatic carbocycles. The first-order chi connectivity index (χ1) is 5.29. The van der Waals surface area contributed by atoms with Crippen molar-refractivity contribution < 1.29 is 9.90 Å². The van der Waals surface area contributed by atoms with Crippen LogP contribution in [0.25, 0.3) is 0 Å². The minimum atomic E-state index is -1.15. The lowest BCUT2D eigenvalue weighted by Gasteiger charge is -1.82. The van der Waals surface area contributed by atoms with E-state index in [-0.39, 0.29) is 0 Å². The van der Waals surface area contributed by atoms with Crippen LogP contribution in [0.2, 0.25) is 0 Å². The Morgan fingerprint density at radius 2 is 2.36 bits per heavy atom. The summed E-state index contributed by atoms with van der Waals surface area (Å²) < 4.78 is 0. The summed E-state index contributed by atoms with van der Waals surface area (Å²) in [5, 5.41) is 15.2. The molecule has 0 spiro atoms. The maximum atomic E-state index is 9.96. The number of carboxylic acid groups (broad SMARTS) is 1. The molecule has 0 radical (unpaired) electrons. The normalized spacial score (nSPS) is 8.00. The summed E-state index contributed by atoms with van der Waals surface area (Å²) in [7, 11) is 0. The zero-order chi connectivity index (χ0) is 8.10. The number of rotatable bonds is 0. The van der Waals surface area contributed by atoms with Gasteiger partial charge in [-0.15, -0.1) is 0 Å². The maximum absolute atomic E-state index is 9.96. The highest BCUT2D eigenvalue weighted by atomic mass is 16.4. The number of hydrogen-bond donors (Lipinski definition) is 1. The highest BCUT2D eigenvalue weighted by Crippen LogP contribution is 1.88. The smallest absolute Gasteiger partial charge is 0.382 e. The number of carbonyl (C=O) groups is 1. The Kier molecular flexibility index (Phi) is 2.18. The largest absolute Gasteiger partial charge is 0.472 e. The van der Waals surface area contributed by atoms with E-state index in [1.165, 1.54) is 12.4 Å². The van der Waals surface area contributed by atoms with Crippen LogP contribution in [0.5, 0.6) is 0 Å². The number of hydrogen-bond acceptors (Lipinski definition) is 3. The van der Waals surface area contributed by atoms with E-state index in [2.05, 4.69) is 16.1 Å². The second kappa shape index (κ2) is 3.32. The summed E-state index contributed by atoms with van der Waals surface area (Å²) in [5.74, 6) is 3.20. The average molecular weight is 148 g/mol. The van der Waals surface area contributed by atoms with E-state index >= 15 is 0 Å². The topological polar surface area (TPSA) is 63.1 Å². The molecule has 1 aromatic rings. The van der Waals surface area contributed by atoms with E-state index < -0.39 is 5.97 Å². The number of aliphatic carboxylic acids is 1. The van der Waals surface area contributed by atoms with Gasteiger partial charge in [0.2, 0.25) is 0 Å². The van der Waals surface area contributed by atoms with Crippen LogP contribution >= 0.6 is 0 Å². The summed E-state index contributed by atoms with van der Waals surface area (Å²) in [5.41, 5.74) is 0.544. The zero-order valence-corrected chi connectivity index (χ0v) is 5.48. The van der Waals surface area contributed by atoms with Crippen molar-refractivity contribution in [2.45, 2.75) is 0 Å². The molecular weight excluding hydrogens is 144 g/mol. The van der Waals surface area contributed by atoms with E-state index in [4.69, 9.17) is 5.11 Å². The van der Waals surface area contributed by atoms with Gasteiger partial charge < -0.3 is 5.11 Å². The molecule has 1 rings (SSSR count). The molecule has 0 atom stereocenters. The van der Waals surface area contributed by atoms with Crippen LogP contribution in [0, 0.1) is 11.8 Å². The molecule has 54 valence electrons. The predicted molar refractivity (Wildman–Crippen MR) is 36.5 cm³/mol. The fourth-order valence-corrected chi connectivity index (χ4v) is 0.490. The first kappa shape index (κ1) is 7.22. The Bertz CT molecular complexity index is 310. The second-order valence-electron chi connectivity index (χ2n) is 1.69. The lowest BCUT2D eigenvalue weighted by atomic mass is 10.3. The Morgan fingerprint density at radius 3 is 2.91 bits per heavy atom. The third-order valence-corrected chi connectivity index (χ3v) is 0.898. The van der Waals surface area contributed by atoms with Crippen LogP contribution in [-0.4, -0.2) is 21.3 Å². The van der Waals surface area contributed by atoms with Crippen LogP contribution in [0.15, 0.2) is 18.5 Å². The van der Waals surface area contributed by atoms with Gasteiger partial charge in [0.15, 0.2) is 0 Å². The highest BCUT2D eigenvalue weighted by molar-refractivity contribution is 5.87. The Labute approximate surface area is 62.9 Å². The molecular formula is C7H4N2O2. The van der Waals surface area contributed by atoms with Gasteiger partial charge in [0.25, 0.3) is 0 Å². The van der Waals surface area contributed by atoms with E-state index in [9.17, 15) is 4.79 Å². The number of carboxylic acids is 1. The monoisotopic (exact) mass is 148 g/mol. The molecule has 1 aromatic heterocycles. The van der Waals surface area contributed by atoms with Gasteiger partial charge in [0.1, 0.15) is 0 Å². The number of nitrogens with zero attached hydrogens (tertiary/aromatic N) is 2. The second-order valence-corrected chi connectivity index (χ2v) is 1.69. The van der Waals surface area contributed by atoms with E-state index in [1.54, 1.807) is 6.07 Å². The zero-order valence-electron chi connectivity index (χ0n) is 5.48. The van der Waals surface area contributed by atoms with E-state index in [0.717, 1.165) is 0 Å². The Hall–Kier alpha value is -1.89. The van der Waals surface area contributed by atoms with Crippen molar-refractivity contribution >= 4 is 5.97 Å². The molecule has 0 amide bonds. The minimum absolute atomic E-state index is 0.544. The summed E-state index contributed by atoms with van der Waals surface area (Å²) in [4.78, 5) is 9.96. The van der Waals surface area contributed by atoms with Gasteiger partial charge in [-0.1, -0.05) is 5.92 Å². The van der Waals surface area contributed by atoms with Gasteiger partial charge in [0, 0.05) is 11.5 Å². The van der Waals surface area contributed by atoms with Gasteiger partial charge in [-0.2, -0.15) is 10.2 Å². The number of aromatic nitrogens is 2. The molecule has 0 bridgehead atoms. The van der Waals surface area contributed by atoms with Gasteiger partial charge in [-0.05, 0) is 6.07 Å². The van der Waals surface area contributed by atoms with Crippen molar-refractivity contribution in [3.8, 4) is 11.8 Å². The summed E-state index contributed by atoms with van der Waals surface area (Å²) in [6.45, 7) is 0. The molecule has 1 N–H and O–H groups in total. The van der Waals surface area contributed by atoms with Crippen molar-refractivity contribution in [3.63, 3.8) is 0 Å². The van der Waals surface area contributed by atoms with Crippen LogP contribution in [-0.2, 0) is 4.79 Å². The molecule has 4 heteroatoms. The molecule has 1 heterocycles. The average Bonchev–Trinajstić information content (AvgIpc) is 2.03. The van der Waals surface area contributed by atoms with Crippen molar-refractivity contribution in [2.24, 2.45) is 0 Å². The molecule has 0 unspecified atom stereocenters. The molecule has 11 heavy (non-hydrogen) atoms. The van der Waals surface area contributed by atoms with Crippen molar-refractivity contribution in [3.05, 3.63) is 24.0 Å². The minimum Gasteiger partial charge on any atom is -0.472 e. The van der Waals surface area contributed by atoms with Gasteiger partial charge >= 0.3 is 5.97 Å². The van der Waals surface area contributed by atoms with Crippen molar-refractivity contribution in [2.75, 3.05) is 0 Å². The maximum Gasteiger partial charge on any atom is 0.382 e. The molecule has 0 saturated heterocycles. The SMILES string of the molecule is O=C(O)C#Cc1ccnnc1. The van der Waals surface area contributed by atoms with Crippen LogP contribution in [0.4, 0.5) is 0 Å². The van der Waals surface area contributed by atoms with Crippen LogP contribution < -0.4 is 0 Å². The van der Waals surface area contributed by atoms with Crippen molar-refractivity contribution in [1.82, 2.24) is 10.2 Å². The van der Waals surface area contributed by atoms with Gasteiger partial charge in [0.05, 0.1) is 12.4 Å². The summed E-state index contributed by atoms with van der Waals surface area (Å²) >= 11 is 0. The van der Waals surface area contributed by atoms with Gasteiger partial charge in [-0.3, -0.25) is 0 Å². The van der Waals surface area contributed by atoms with Crippen molar-refractivity contribution in [1.29, 1.82) is 0 Å². The molecule has 0 saturated carbocycles. The quantitative estimate of drug-likeness (QED) is 0.522. The highest BCUT2D eigenvalue weighted by Gasteiger charge is 1.85. The molecule has 0 aliphatic carbocycles. The molecule has 4 nitrogen and oxygen atoms in total. The summed E-state index contributed by atoms with van der Waals surface area (Å²) in [6, 6.07) is 1.59. The van der Waals surface area contributed by atoms with Gasteiger partial charge in [-0.25, -0.2) is 4.79 Å². The standard InChI is InChI=1S/C7H4N2O2/c10-7(11)2-1-6-3-4-8-9-5-6/h3-5H,(H,10,11). The fraction of sp³-hybridized carbons (Fsp3) is 0. The molecule has 0 aliphatic rings. The van der Waals surface area contributed by atoms with E-state index in [0.29, 0.717) is 5.56 Å². The third-order valence-electron chi connectivity index (χ3n) is 0.898.